The van der Waals surface area contributed by atoms with Crippen LogP contribution in [0.25, 0.3) is 0 Å². The van der Waals surface area contributed by atoms with Gasteiger partial charge in [0.05, 0.1) is 20.3 Å². The number of nitrogens with zero attached hydrogens (tertiary/aromatic N) is 3. The quantitative estimate of drug-likeness (QED) is 0.507. The van der Waals surface area contributed by atoms with Gasteiger partial charge in [-0.05, 0) is 0 Å². The van der Waals surface area contributed by atoms with Crippen LogP contribution in [0, 0.1) is 5.41 Å². The fraction of sp³-hybridized carbons (Fsp3) is 0.625. The van der Waals surface area contributed by atoms with Gasteiger partial charge in [-0.25, -0.2) is 0 Å². The molecule has 0 aliphatic carbocycles. The van der Waals surface area contributed by atoms with Crippen LogP contribution in [-0.4, -0.2) is 59.6 Å². The Hall–Kier alpha value is -1.63. The topological polar surface area (TPSA) is 87.1 Å². The van der Waals surface area contributed by atoms with Crippen molar-refractivity contribution in [1.82, 2.24) is 20.3 Å². The Morgan fingerprint density at radius 1 is 1.47 bits per heavy atom. The van der Waals surface area contributed by atoms with Crippen molar-refractivity contribution in [2.24, 2.45) is 0 Å². The lowest BCUT2D eigenvalue weighted by Gasteiger charge is -2.28. The molecular weight excluding hydrogens is 198 g/mol. The van der Waals surface area contributed by atoms with Gasteiger partial charge in [-0.2, -0.15) is 5.21 Å². The van der Waals surface area contributed by atoms with E-state index in [1.54, 1.807) is 0 Å². The van der Waals surface area contributed by atoms with Crippen LogP contribution in [0.1, 0.15) is 5.69 Å². The summed E-state index contributed by atoms with van der Waals surface area (Å²) in [5.41, 5.74) is 0.444. The number of nitrogens with one attached hydrogen (secondary N) is 2. The van der Waals surface area contributed by atoms with Gasteiger partial charge in [0.2, 0.25) is 0 Å². The molecule has 0 spiro atoms. The Kier molecular flexibility index (Phi) is 2.82. The van der Waals surface area contributed by atoms with Gasteiger partial charge in [0, 0.05) is 13.1 Å². The third-order valence-corrected chi connectivity index (χ3v) is 2.26. The van der Waals surface area contributed by atoms with E-state index in [4.69, 9.17) is 14.9 Å². The molecule has 2 heterocycles. The lowest BCUT2D eigenvalue weighted by Crippen LogP contribution is -2.41. The number of aromatic amines is 1. The highest BCUT2D eigenvalue weighted by Crippen LogP contribution is 2.13. The van der Waals surface area contributed by atoms with E-state index in [2.05, 4.69) is 15.4 Å². The Bertz CT molecular complexity index is 345. The van der Waals surface area contributed by atoms with Crippen molar-refractivity contribution in [2.75, 3.05) is 33.4 Å². The lowest BCUT2D eigenvalue weighted by atomic mass is 10.3. The van der Waals surface area contributed by atoms with Crippen molar-refractivity contribution in [2.45, 2.75) is 0 Å². The molecule has 0 unspecified atom stereocenters. The van der Waals surface area contributed by atoms with Crippen LogP contribution < -0.4 is 4.74 Å². The third kappa shape index (κ3) is 1.91. The summed E-state index contributed by atoms with van der Waals surface area (Å²) in [6.07, 6.45) is 0. The SMILES string of the molecule is COc1n[nH]nc1C(=N)N1CCOCC1. The maximum Gasteiger partial charge on any atom is 0.264 e. The van der Waals surface area contributed by atoms with Crippen LogP contribution in [-0.2, 0) is 4.74 Å². The van der Waals surface area contributed by atoms with Crippen LogP contribution >= 0.6 is 0 Å². The predicted octanol–water partition coefficient (Wildman–Crippen LogP) is -0.529. The van der Waals surface area contributed by atoms with E-state index in [0.29, 0.717) is 43.7 Å². The second-order valence-electron chi connectivity index (χ2n) is 3.13. The van der Waals surface area contributed by atoms with E-state index in [1.165, 1.54) is 7.11 Å². The molecule has 1 aromatic rings. The summed E-state index contributed by atoms with van der Waals surface area (Å²) in [7, 11) is 1.51. The van der Waals surface area contributed by atoms with E-state index in [1.807, 2.05) is 4.90 Å². The molecule has 1 aliphatic heterocycles. The molecule has 7 nitrogen and oxygen atoms in total. The minimum Gasteiger partial charge on any atom is -0.478 e. The smallest absolute Gasteiger partial charge is 0.264 e. The molecule has 1 aromatic heterocycles. The molecule has 1 aliphatic rings. The molecule has 0 amide bonds. The number of amidine groups is 1. The molecule has 0 saturated carbocycles. The first kappa shape index (κ1) is 9.91. The van der Waals surface area contributed by atoms with Gasteiger partial charge in [0.15, 0.2) is 11.5 Å². The number of rotatable bonds is 2. The predicted molar refractivity (Wildman–Crippen MR) is 52.2 cm³/mol. The van der Waals surface area contributed by atoms with Gasteiger partial charge in [-0.3, -0.25) is 5.41 Å². The molecule has 2 N–H and O–H groups in total. The number of ether oxygens (including phenoxy) is 2. The monoisotopic (exact) mass is 211 g/mol. The van der Waals surface area contributed by atoms with Crippen molar-refractivity contribution >= 4 is 5.84 Å². The first-order chi connectivity index (χ1) is 7.33. The third-order valence-electron chi connectivity index (χ3n) is 2.26. The van der Waals surface area contributed by atoms with Crippen LogP contribution in [0.3, 0.4) is 0 Å². The molecule has 0 bridgehead atoms. The molecule has 0 aromatic carbocycles. The molecule has 1 fully saturated rings. The molecule has 1 saturated heterocycles. The zero-order valence-electron chi connectivity index (χ0n) is 8.49. The van der Waals surface area contributed by atoms with E-state index >= 15 is 0 Å². The number of morpholine rings is 1. The molecule has 82 valence electrons. The standard InChI is InChI=1S/C8H13N5O2/c1-14-8-6(10-12-11-8)7(9)13-2-4-15-5-3-13/h9H,2-5H2,1H3,(H,10,11,12). The van der Waals surface area contributed by atoms with Gasteiger partial charge in [0.1, 0.15) is 0 Å². The normalized spacial score (nSPS) is 16.5. The average molecular weight is 211 g/mol. The van der Waals surface area contributed by atoms with Gasteiger partial charge in [0.25, 0.3) is 5.88 Å². The van der Waals surface area contributed by atoms with Crippen molar-refractivity contribution in [3.05, 3.63) is 5.69 Å². The van der Waals surface area contributed by atoms with Crippen LogP contribution in [0.15, 0.2) is 0 Å². The summed E-state index contributed by atoms with van der Waals surface area (Å²) in [5, 5.41) is 18.1. The second-order valence-corrected chi connectivity index (χ2v) is 3.13. The molecule has 0 atom stereocenters. The Balaban J connectivity index is 2.12. The zero-order chi connectivity index (χ0) is 10.7. The molecule has 0 radical (unpaired) electrons. The maximum atomic E-state index is 7.95. The highest BCUT2D eigenvalue weighted by molar-refractivity contribution is 5.96. The summed E-state index contributed by atoms with van der Waals surface area (Å²) in [6, 6.07) is 0. The van der Waals surface area contributed by atoms with E-state index in [0.717, 1.165) is 0 Å². The van der Waals surface area contributed by atoms with Gasteiger partial charge in [-0.1, -0.05) is 0 Å². The van der Waals surface area contributed by atoms with Crippen molar-refractivity contribution < 1.29 is 9.47 Å². The largest absolute Gasteiger partial charge is 0.478 e. The average Bonchev–Trinajstić information content (AvgIpc) is 2.77. The van der Waals surface area contributed by atoms with Crippen molar-refractivity contribution in [3.8, 4) is 5.88 Å². The summed E-state index contributed by atoms with van der Waals surface area (Å²) in [6.45, 7) is 2.69. The zero-order valence-corrected chi connectivity index (χ0v) is 8.49. The highest BCUT2D eigenvalue weighted by atomic mass is 16.5. The first-order valence-electron chi connectivity index (χ1n) is 4.69. The maximum absolute atomic E-state index is 7.95. The number of H-pyrrole nitrogens is 1. The van der Waals surface area contributed by atoms with Gasteiger partial charge in [-0.15, -0.1) is 10.2 Å². The fourth-order valence-electron chi connectivity index (χ4n) is 1.45. The first-order valence-corrected chi connectivity index (χ1v) is 4.69. The summed E-state index contributed by atoms with van der Waals surface area (Å²) in [5.74, 6) is 0.676. The molecule has 15 heavy (non-hydrogen) atoms. The van der Waals surface area contributed by atoms with Gasteiger partial charge < -0.3 is 14.4 Å². The number of methoxy groups -OCH3 is 1. The molecular formula is C8H13N5O2. The van der Waals surface area contributed by atoms with Crippen LogP contribution in [0.2, 0.25) is 0 Å². The second kappa shape index (κ2) is 4.26. The summed E-state index contributed by atoms with van der Waals surface area (Å²) in [4.78, 5) is 1.89. The minimum atomic E-state index is 0.323. The fourth-order valence-corrected chi connectivity index (χ4v) is 1.45. The number of aromatic nitrogens is 3. The number of hydrogen-bond acceptors (Lipinski definition) is 5. The highest BCUT2D eigenvalue weighted by Gasteiger charge is 2.21. The van der Waals surface area contributed by atoms with Crippen molar-refractivity contribution in [3.63, 3.8) is 0 Å². The lowest BCUT2D eigenvalue weighted by molar-refractivity contribution is 0.0678. The minimum absolute atomic E-state index is 0.323. The molecule has 2 rings (SSSR count). The summed E-state index contributed by atoms with van der Waals surface area (Å²) < 4.78 is 10.2. The van der Waals surface area contributed by atoms with E-state index in [9.17, 15) is 0 Å². The Morgan fingerprint density at radius 2 is 2.20 bits per heavy atom. The van der Waals surface area contributed by atoms with Crippen LogP contribution in [0.4, 0.5) is 0 Å². The number of hydrogen-bond donors (Lipinski definition) is 2. The van der Waals surface area contributed by atoms with Gasteiger partial charge >= 0.3 is 0 Å². The van der Waals surface area contributed by atoms with E-state index < -0.39 is 0 Å². The molecule has 7 heteroatoms. The Morgan fingerprint density at radius 3 is 2.87 bits per heavy atom. The summed E-state index contributed by atoms with van der Waals surface area (Å²) >= 11 is 0. The van der Waals surface area contributed by atoms with E-state index in [-0.39, 0.29) is 0 Å². The Labute approximate surface area is 86.9 Å². The van der Waals surface area contributed by atoms with Crippen molar-refractivity contribution in [1.29, 1.82) is 5.41 Å². The van der Waals surface area contributed by atoms with Crippen LogP contribution in [0.5, 0.6) is 5.88 Å².